The molecule has 7 nitrogen and oxygen atoms in total. The van der Waals surface area contributed by atoms with Gasteiger partial charge in [0.05, 0.1) is 9.82 Å². The smallest absolute Gasteiger partial charge is 0.293 e. The molecule has 0 aliphatic heterocycles. The summed E-state index contributed by atoms with van der Waals surface area (Å²) >= 11 is 3.24. The third-order valence-corrected chi connectivity index (χ3v) is 4.96. The molecule has 0 spiro atoms. The zero-order chi connectivity index (χ0) is 18.1. The van der Waals surface area contributed by atoms with Gasteiger partial charge in [-0.25, -0.2) is 17.9 Å². The molecule has 0 amide bonds. The Morgan fingerprint density at radius 2 is 1.96 bits per heavy atom. The molecular formula is C14H13BrFN3O4S. The Labute approximate surface area is 146 Å². The maximum atomic E-state index is 13.1. The van der Waals surface area contributed by atoms with Crippen LogP contribution in [-0.4, -0.2) is 20.4 Å². The van der Waals surface area contributed by atoms with Gasteiger partial charge in [-0.2, -0.15) is 0 Å². The van der Waals surface area contributed by atoms with E-state index in [4.69, 9.17) is 5.14 Å². The van der Waals surface area contributed by atoms with E-state index in [0.717, 1.165) is 6.07 Å². The highest BCUT2D eigenvalue weighted by atomic mass is 79.9. The summed E-state index contributed by atoms with van der Waals surface area (Å²) in [5.74, 6) is -0.406. The number of sulfonamides is 1. The Kier molecular flexibility index (Phi) is 5.21. The number of primary sulfonamides is 1. The summed E-state index contributed by atoms with van der Waals surface area (Å²) < 4.78 is 36.4. The van der Waals surface area contributed by atoms with Crippen molar-refractivity contribution in [3.63, 3.8) is 0 Å². The second-order valence-electron chi connectivity index (χ2n) is 5.04. The minimum atomic E-state index is -4.04. The summed E-state index contributed by atoms with van der Waals surface area (Å²) in [5.41, 5.74) is 0.537. The minimum absolute atomic E-state index is 0.212. The van der Waals surface area contributed by atoms with Crippen molar-refractivity contribution in [2.24, 2.45) is 5.14 Å². The molecule has 0 bridgehead atoms. The molecule has 2 aromatic carbocycles. The van der Waals surface area contributed by atoms with Crippen molar-refractivity contribution in [3.8, 4) is 0 Å². The largest absolute Gasteiger partial charge is 0.365 e. The average Bonchev–Trinajstić information content (AvgIpc) is 2.48. The van der Waals surface area contributed by atoms with Crippen molar-refractivity contribution in [3.05, 3.63) is 62.4 Å². The molecule has 2 N–H and O–H groups in total. The van der Waals surface area contributed by atoms with Gasteiger partial charge in [-0.1, -0.05) is 22.0 Å². The first-order valence-corrected chi connectivity index (χ1v) is 8.90. The number of anilines is 1. The molecule has 0 aliphatic rings. The van der Waals surface area contributed by atoms with Crippen molar-refractivity contribution in [1.82, 2.24) is 0 Å². The predicted molar refractivity (Wildman–Crippen MR) is 90.7 cm³/mol. The molecule has 0 fully saturated rings. The summed E-state index contributed by atoms with van der Waals surface area (Å²) in [6, 6.07) is 7.57. The van der Waals surface area contributed by atoms with Gasteiger partial charge >= 0.3 is 0 Å². The Morgan fingerprint density at radius 1 is 1.29 bits per heavy atom. The van der Waals surface area contributed by atoms with Crippen LogP contribution in [0.25, 0.3) is 0 Å². The molecule has 128 valence electrons. The number of hydrogen-bond acceptors (Lipinski definition) is 5. The molecule has 0 aliphatic carbocycles. The third kappa shape index (κ3) is 4.08. The van der Waals surface area contributed by atoms with E-state index >= 15 is 0 Å². The van der Waals surface area contributed by atoms with Crippen LogP contribution in [0.15, 0.2) is 45.8 Å². The Morgan fingerprint density at radius 3 is 2.50 bits per heavy atom. The fraction of sp³-hybridized carbons (Fsp3) is 0.143. The highest BCUT2D eigenvalue weighted by Gasteiger charge is 2.21. The molecule has 0 atom stereocenters. The SMILES string of the molecule is CN(Cc1ccc(F)cc1Br)c1ccc(S(N)(=O)=O)cc1[N+](=O)[O-]. The van der Waals surface area contributed by atoms with Gasteiger partial charge in [0.2, 0.25) is 10.0 Å². The number of nitro groups is 1. The van der Waals surface area contributed by atoms with E-state index in [1.165, 1.54) is 24.3 Å². The maximum absolute atomic E-state index is 13.1. The van der Waals surface area contributed by atoms with Gasteiger partial charge in [0.1, 0.15) is 11.5 Å². The number of rotatable bonds is 5. The molecular weight excluding hydrogens is 405 g/mol. The van der Waals surface area contributed by atoms with E-state index < -0.39 is 20.8 Å². The van der Waals surface area contributed by atoms with Gasteiger partial charge in [0, 0.05) is 24.1 Å². The van der Waals surface area contributed by atoms with Crippen molar-refractivity contribution in [2.45, 2.75) is 11.4 Å². The van der Waals surface area contributed by atoms with Gasteiger partial charge in [-0.3, -0.25) is 10.1 Å². The van der Waals surface area contributed by atoms with Crippen molar-refractivity contribution < 1.29 is 17.7 Å². The molecule has 24 heavy (non-hydrogen) atoms. The standard InChI is InChI=1S/C14H13BrFN3O4S/c1-18(8-9-2-3-10(16)6-12(9)15)13-5-4-11(24(17,22)23)7-14(13)19(20)21/h2-7H,8H2,1H3,(H2,17,22,23). The van der Waals surface area contributed by atoms with Gasteiger partial charge < -0.3 is 4.90 Å². The Hall–Kier alpha value is -2.04. The van der Waals surface area contributed by atoms with Crippen LogP contribution in [0.2, 0.25) is 0 Å². The molecule has 0 saturated carbocycles. The zero-order valence-corrected chi connectivity index (χ0v) is 14.8. The summed E-state index contributed by atoms with van der Waals surface area (Å²) in [6.45, 7) is 0.246. The first-order valence-electron chi connectivity index (χ1n) is 6.56. The lowest BCUT2D eigenvalue weighted by Crippen LogP contribution is -2.19. The molecule has 2 rings (SSSR count). The molecule has 2 aromatic rings. The molecule has 0 saturated heterocycles. The molecule has 0 aromatic heterocycles. The summed E-state index contributed by atoms with van der Waals surface area (Å²) in [7, 11) is -2.44. The van der Waals surface area contributed by atoms with E-state index in [1.807, 2.05) is 0 Å². The number of halogens is 2. The van der Waals surface area contributed by atoms with Crippen LogP contribution in [0.4, 0.5) is 15.8 Å². The summed E-state index contributed by atoms with van der Waals surface area (Å²) in [4.78, 5) is 11.8. The number of nitro benzene ring substituents is 1. The first kappa shape index (κ1) is 18.3. The topological polar surface area (TPSA) is 107 Å². The summed E-state index contributed by atoms with van der Waals surface area (Å²) in [5, 5.41) is 16.3. The van der Waals surface area contributed by atoms with Crippen LogP contribution in [0.3, 0.4) is 0 Å². The van der Waals surface area contributed by atoms with Crippen LogP contribution in [0.5, 0.6) is 0 Å². The highest BCUT2D eigenvalue weighted by Crippen LogP contribution is 2.31. The average molecular weight is 418 g/mol. The normalized spacial score (nSPS) is 11.3. The second-order valence-corrected chi connectivity index (χ2v) is 7.46. The zero-order valence-electron chi connectivity index (χ0n) is 12.4. The lowest BCUT2D eigenvalue weighted by atomic mass is 10.2. The van der Waals surface area contributed by atoms with E-state index in [-0.39, 0.29) is 22.8 Å². The van der Waals surface area contributed by atoms with Crippen molar-refractivity contribution >= 4 is 37.3 Å². The molecule has 0 heterocycles. The van der Waals surface area contributed by atoms with Crippen LogP contribution >= 0.6 is 15.9 Å². The van der Waals surface area contributed by atoms with E-state index in [9.17, 15) is 22.9 Å². The molecule has 10 heteroatoms. The molecule has 0 radical (unpaired) electrons. The number of hydrogen-bond donors (Lipinski definition) is 1. The first-order chi connectivity index (χ1) is 11.1. The number of benzene rings is 2. The Bertz CT molecular complexity index is 905. The van der Waals surface area contributed by atoms with Crippen LogP contribution < -0.4 is 10.0 Å². The van der Waals surface area contributed by atoms with Crippen LogP contribution in [0.1, 0.15) is 5.56 Å². The lowest BCUT2D eigenvalue weighted by Gasteiger charge is -2.20. The quantitative estimate of drug-likeness (QED) is 0.594. The van der Waals surface area contributed by atoms with Crippen molar-refractivity contribution in [1.29, 1.82) is 0 Å². The fourth-order valence-electron chi connectivity index (χ4n) is 2.14. The third-order valence-electron chi connectivity index (χ3n) is 3.31. The van der Waals surface area contributed by atoms with Gasteiger partial charge in [-0.15, -0.1) is 0 Å². The van der Waals surface area contributed by atoms with Gasteiger partial charge in [0.25, 0.3) is 5.69 Å². The highest BCUT2D eigenvalue weighted by molar-refractivity contribution is 9.10. The second kappa shape index (κ2) is 6.83. The maximum Gasteiger partial charge on any atom is 0.293 e. The lowest BCUT2D eigenvalue weighted by molar-refractivity contribution is -0.384. The van der Waals surface area contributed by atoms with E-state index in [1.54, 1.807) is 18.0 Å². The van der Waals surface area contributed by atoms with E-state index in [0.29, 0.717) is 10.0 Å². The van der Waals surface area contributed by atoms with E-state index in [2.05, 4.69) is 15.9 Å². The number of nitrogens with two attached hydrogens (primary N) is 1. The minimum Gasteiger partial charge on any atom is -0.365 e. The van der Waals surface area contributed by atoms with Gasteiger partial charge in [-0.05, 0) is 29.8 Å². The van der Waals surface area contributed by atoms with Crippen molar-refractivity contribution in [2.75, 3.05) is 11.9 Å². The predicted octanol–water partition coefficient (Wildman–Crippen LogP) is 2.78. The van der Waals surface area contributed by atoms with Crippen LogP contribution in [-0.2, 0) is 16.6 Å². The summed E-state index contributed by atoms with van der Waals surface area (Å²) in [6.07, 6.45) is 0. The monoisotopic (exact) mass is 417 g/mol. The fourth-order valence-corrected chi connectivity index (χ4v) is 3.15. The molecule has 0 unspecified atom stereocenters. The number of nitrogens with zero attached hydrogens (tertiary/aromatic N) is 2. The van der Waals surface area contributed by atoms with Crippen LogP contribution in [0, 0.1) is 15.9 Å². The van der Waals surface area contributed by atoms with Gasteiger partial charge in [0.15, 0.2) is 0 Å². The Balaban J connectivity index is 2.41.